The highest BCUT2D eigenvalue weighted by Crippen LogP contribution is 2.15. The SMILES string of the molecule is CC(C)Cc1ccc(S(=O)(=O)NC(Cc2ccccc2)C(N)=O)cc1. The summed E-state index contributed by atoms with van der Waals surface area (Å²) in [4.78, 5) is 11.8. The van der Waals surface area contributed by atoms with Gasteiger partial charge in [-0.3, -0.25) is 4.79 Å². The van der Waals surface area contributed by atoms with Gasteiger partial charge in [0.15, 0.2) is 0 Å². The number of carbonyl (C=O) groups excluding carboxylic acids is 1. The van der Waals surface area contributed by atoms with Crippen LogP contribution in [-0.4, -0.2) is 20.4 Å². The fraction of sp³-hybridized carbons (Fsp3) is 0.316. The van der Waals surface area contributed by atoms with E-state index >= 15 is 0 Å². The van der Waals surface area contributed by atoms with Crippen molar-refractivity contribution in [3.8, 4) is 0 Å². The molecule has 0 fully saturated rings. The molecule has 0 aliphatic rings. The molecule has 0 aliphatic heterocycles. The van der Waals surface area contributed by atoms with Gasteiger partial charge in [-0.05, 0) is 42.0 Å². The molecule has 5 nitrogen and oxygen atoms in total. The number of nitrogens with one attached hydrogen (secondary N) is 1. The minimum atomic E-state index is -3.82. The Morgan fingerprint density at radius 3 is 2.04 bits per heavy atom. The Labute approximate surface area is 149 Å². The molecule has 0 aliphatic carbocycles. The van der Waals surface area contributed by atoms with Crippen molar-refractivity contribution in [1.82, 2.24) is 4.72 Å². The maximum absolute atomic E-state index is 12.6. The number of hydrogen-bond acceptors (Lipinski definition) is 3. The largest absolute Gasteiger partial charge is 0.368 e. The summed E-state index contributed by atoms with van der Waals surface area (Å²) in [6.07, 6.45) is 1.09. The van der Waals surface area contributed by atoms with E-state index in [1.54, 1.807) is 24.3 Å². The number of primary amides is 1. The monoisotopic (exact) mass is 360 g/mol. The Bertz CT molecular complexity index is 800. The average Bonchev–Trinajstić information content (AvgIpc) is 2.55. The average molecular weight is 360 g/mol. The predicted molar refractivity (Wildman–Crippen MR) is 98.4 cm³/mol. The second-order valence-corrected chi connectivity index (χ2v) is 8.22. The Morgan fingerprint density at radius 2 is 1.52 bits per heavy atom. The molecule has 6 heteroatoms. The second-order valence-electron chi connectivity index (χ2n) is 6.51. The van der Waals surface area contributed by atoms with Gasteiger partial charge < -0.3 is 5.73 Å². The minimum absolute atomic E-state index is 0.124. The lowest BCUT2D eigenvalue weighted by Gasteiger charge is -2.16. The summed E-state index contributed by atoms with van der Waals surface area (Å²) in [5, 5.41) is 0. The molecule has 2 rings (SSSR count). The van der Waals surface area contributed by atoms with Crippen LogP contribution in [0, 0.1) is 5.92 Å². The highest BCUT2D eigenvalue weighted by Gasteiger charge is 2.24. The van der Waals surface area contributed by atoms with E-state index < -0.39 is 22.0 Å². The van der Waals surface area contributed by atoms with E-state index in [9.17, 15) is 13.2 Å². The first-order valence-electron chi connectivity index (χ1n) is 8.22. The Hall–Kier alpha value is -2.18. The van der Waals surface area contributed by atoms with Crippen LogP contribution in [0.1, 0.15) is 25.0 Å². The molecule has 0 aromatic heterocycles. The van der Waals surface area contributed by atoms with Crippen molar-refractivity contribution in [2.75, 3.05) is 0 Å². The maximum Gasteiger partial charge on any atom is 0.241 e. The van der Waals surface area contributed by atoms with Gasteiger partial charge in [0.2, 0.25) is 15.9 Å². The summed E-state index contributed by atoms with van der Waals surface area (Å²) in [5.74, 6) is -0.213. The summed E-state index contributed by atoms with van der Waals surface area (Å²) in [6.45, 7) is 4.21. The van der Waals surface area contributed by atoms with Crippen molar-refractivity contribution in [2.45, 2.75) is 37.6 Å². The number of hydrogen-bond donors (Lipinski definition) is 2. The van der Waals surface area contributed by atoms with Crippen molar-refractivity contribution < 1.29 is 13.2 Å². The Balaban J connectivity index is 2.15. The molecule has 3 N–H and O–H groups in total. The van der Waals surface area contributed by atoms with E-state index in [0.717, 1.165) is 17.5 Å². The van der Waals surface area contributed by atoms with Crippen LogP contribution >= 0.6 is 0 Å². The molecule has 134 valence electrons. The normalized spacial score (nSPS) is 12.9. The summed E-state index contributed by atoms with van der Waals surface area (Å²) in [6, 6.07) is 14.9. The van der Waals surface area contributed by atoms with Gasteiger partial charge in [0.25, 0.3) is 0 Å². The molecule has 0 bridgehead atoms. The van der Waals surface area contributed by atoms with E-state index in [4.69, 9.17) is 5.73 Å². The fourth-order valence-electron chi connectivity index (χ4n) is 2.58. The van der Waals surface area contributed by atoms with Crippen LogP contribution in [0.15, 0.2) is 59.5 Å². The number of amides is 1. The van der Waals surface area contributed by atoms with Crippen LogP contribution in [0.25, 0.3) is 0 Å². The zero-order valence-electron chi connectivity index (χ0n) is 14.5. The zero-order chi connectivity index (χ0) is 18.4. The van der Waals surface area contributed by atoms with E-state index in [2.05, 4.69) is 18.6 Å². The quantitative estimate of drug-likeness (QED) is 0.757. The second kappa shape index (κ2) is 8.27. The molecule has 25 heavy (non-hydrogen) atoms. The van der Waals surface area contributed by atoms with Crippen molar-refractivity contribution in [3.63, 3.8) is 0 Å². The molecule has 0 heterocycles. The third-order valence-corrected chi connectivity index (χ3v) is 5.29. The van der Waals surface area contributed by atoms with Crippen molar-refractivity contribution in [2.24, 2.45) is 11.7 Å². The van der Waals surface area contributed by atoms with Crippen LogP contribution in [0.3, 0.4) is 0 Å². The van der Waals surface area contributed by atoms with Gasteiger partial charge in [-0.25, -0.2) is 8.42 Å². The number of carbonyl (C=O) groups is 1. The number of sulfonamides is 1. The van der Waals surface area contributed by atoms with Crippen molar-refractivity contribution in [3.05, 3.63) is 65.7 Å². The predicted octanol–water partition coefficient (Wildman–Crippen LogP) is 2.26. The minimum Gasteiger partial charge on any atom is -0.368 e. The Morgan fingerprint density at radius 1 is 0.960 bits per heavy atom. The van der Waals surface area contributed by atoms with Gasteiger partial charge in [-0.2, -0.15) is 4.72 Å². The Kier molecular flexibility index (Phi) is 6.33. The van der Waals surface area contributed by atoms with Gasteiger partial charge in [0, 0.05) is 0 Å². The molecule has 1 unspecified atom stereocenters. The van der Waals surface area contributed by atoms with E-state index in [1.165, 1.54) is 0 Å². The highest BCUT2D eigenvalue weighted by atomic mass is 32.2. The van der Waals surface area contributed by atoms with E-state index in [-0.39, 0.29) is 11.3 Å². The first kappa shape index (κ1) is 19.1. The highest BCUT2D eigenvalue weighted by molar-refractivity contribution is 7.89. The molecule has 2 aromatic rings. The van der Waals surface area contributed by atoms with Crippen LogP contribution in [0.4, 0.5) is 0 Å². The van der Waals surface area contributed by atoms with Gasteiger partial charge in [-0.1, -0.05) is 56.3 Å². The van der Waals surface area contributed by atoms with Crippen molar-refractivity contribution >= 4 is 15.9 Å². The molecule has 0 spiro atoms. The molecule has 2 aromatic carbocycles. The lowest BCUT2D eigenvalue weighted by molar-refractivity contribution is -0.119. The first-order chi connectivity index (χ1) is 11.8. The lowest BCUT2D eigenvalue weighted by atomic mass is 10.0. The fourth-order valence-corrected chi connectivity index (χ4v) is 3.79. The summed E-state index contributed by atoms with van der Waals surface area (Å²) >= 11 is 0. The number of rotatable bonds is 8. The van der Waals surface area contributed by atoms with E-state index in [0.29, 0.717) is 5.92 Å². The maximum atomic E-state index is 12.6. The first-order valence-corrected chi connectivity index (χ1v) is 9.71. The standard InChI is InChI=1S/C19H24N2O3S/c1-14(2)12-16-8-10-17(11-9-16)25(23,24)21-18(19(20)22)13-15-6-4-3-5-7-15/h3-11,14,18,21H,12-13H2,1-2H3,(H2,20,22). The smallest absolute Gasteiger partial charge is 0.241 e. The van der Waals surface area contributed by atoms with Crippen LogP contribution in [0.5, 0.6) is 0 Å². The summed E-state index contributed by atoms with van der Waals surface area (Å²) in [7, 11) is -3.82. The molecule has 0 saturated carbocycles. The topological polar surface area (TPSA) is 89.3 Å². The molecule has 0 radical (unpaired) electrons. The van der Waals surface area contributed by atoms with Gasteiger partial charge in [0.05, 0.1) is 4.90 Å². The van der Waals surface area contributed by atoms with Crippen LogP contribution < -0.4 is 10.5 Å². The summed E-state index contributed by atoms with van der Waals surface area (Å²) < 4.78 is 27.5. The number of nitrogens with two attached hydrogens (primary N) is 1. The third kappa shape index (κ3) is 5.69. The molecule has 1 amide bonds. The summed E-state index contributed by atoms with van der Waals surface area (Å²) in [5.41, 5.74) is 7.29. The lowest BCUT2D eigenvalue weighted by Crippen LogP contribution is -2.45. The molecular formula is C19H24N2O3S. The van der Waals surface area contributed by atoms with Crippen LogP contribution in [0.2, 0.25) is 0 Å². The zero-order valence-corrected chi connectivity index (χ0v) is 15.3. The van der Waals surface area contributed by atoms with Gasteiger partial charge in [-0.15, -0.1) is 0 Å². The molecule has 0 saturated heterocycles. The molecular weight excluding hydrogens is 336 g/mol. The third-order valence-electron chi connectivity index (χ3n) is 3.80. The van der Waals surface area contributed by atoms with Crippen LogP contribution in [-0.2, 0) is 27.7 Å². The van der Waals surface area contributed by atoms with Gasteiger partial charge >= 0.3 is 0 Å². The van der Waals surface area contributed by atoms with E-state index in [1.807, 2.05) is 30.3 Å². The molecule has 1 atom stereocenters. The number of benzene rings is 2. The van der Waals surface area contributed by atoms with Gasteiger partial charge in [0.1, 0.15) is 6.04 Å². The van der Waals surface area contributed by atoms with Crippen molar-refractivity contribution in [1.29, 1.82) is 0 Å².